The van der Waals surface area contributed by atoms with Crippen molar-refractivity contribution in [3.8, 4) is 12.3 Å². The second-order valence-electron chi connectivity index (χ2n) is 3.20. The molecule has 0 aliphatic rings. The van der Waals surface area contributed by atoms with E-state index in [2.05, 4.69) is 16.2 Å². The maximum absolute atomic E-state index is 11.6. The lowest BCUT2D eigenvalue weighted by Crippen LogP contribution is -2.31. The van der Waals surface area contributed by atoms with Crippen LogP contribution in [0.25, 0.3) is 0 Å². The summed E-state index contributed by atoms with van der Waals surface area (Å²) in [6, 6.07) is -0.268. The van der Waals surface area contributed by atoms with Crippen molar-refractivity contribution in [2.45, 2.75) is 26.3 Å². The standard InChI is InChI=1S/C11H15N3O/c1-4-6-13-11(15)9(3)14-8-7-12-10(14)5-2/h1,7-9H,5-6H2,2-3H3,(H,13,15). The van der Waals surface area contributed by atoms with Gasteiger partial charge < -0.3 is 9.88 Å². The van der Waals surface area contributed by atoms with Gasteiger partial charge in [-0.1, -0.05) is 12.8 Å². The maximum Gasteiger partial charge on any atom is 0.243 e. The number of imidazole rings is 1. The Balaban J connectivity index is 2.72. The zero-order valence-corrected chi connectivity index (χ0v) is 9.03. The molecule has 0 bridgehead atoms. The molecule has 0 radical (unpaired) electrons. The second kappa shape index (κ2) is 5.20. The summed E-state index contributed by atoms with van der Waals surface area (Å²) >= 11 is 0. The Morgan fingerprint density at radius 3 is 3.13 bits per heavy atom. The third-order valence-electron chi connectivity index (χ3n) is 2.23. The van der Waals surface area contributed by atoms with Gasteiger partial charge in [-0.05, 0) is 6.92 Å². The van der Waals surface area contributed by atoms with Gasteiger partial charge in [-0.2, -0.15) is 0 Å². The van der Waals surface area contributed by atoms with Crippen LogP contribution >= 0.6 is 0 Å². The number of nitrogens with one attached hydrogen (secondary N) is 1. The van der Waals surface area contributed by atoms with E-state index < -0.39 is 0 Å². The number of terminal acetylenes is 1. The van der Waals surface area contributed by atoms with Gasteiger partial charge in [0.1, 0.15) is 11.9 Å². The largest absolute Gasteiger partial charge is 0.343 e. The minimum atomic E-state index is -0.268. The molecule has 1 amide bonds. The fourth-order valence-electron chi connectivity index (χ4n) is 1.38. The van der Waals surface area contributed by atoms with Crippen LogP contribution in [0.4, 0.5) is 0 Å². The van der Waals surface area contributed by atoms with Crippen LogP contribution < -0.4 is 5.32 Å². The zero-order chi connectivity index (χ0) is 11.3. The highest BCUT2D eigenvalue weighted by Crippen LogP contribution is 2.09. The first-order valence-corrected chi connectivity index (χ1v) is 4.93. The molecule has 0 aliphatic carbocycles. The molecule has 0 saturated carbocycles. The van der Waals surface area contributed by atoms with Gasteiger partial charge >= 0.3 is 0 Å². The van der Waals surface area contributed by atoms with Crippen LogP contribution in [0.1, 0.15) is 25.7 Å². The van der Waals surface area contributed by atoms with Crippen molar-refractivity contribution in [3.05, 3.63) is 18.2 Å². The molecular weight excluding hydrogens is 190 g/mol. The third kappa shape index (κ3) is 2.59. The highest BCUT2D eigenvalue weighted by Gasteiger charge is 2.15. The lowest BCUT2D eigenvalue weighted by molar-refractivity contribution is -0.123. The maximum atomic E-state index is 11.6. The molecule has 15 heavy (non-hydrogen) atoms. The van der Waals surface area contributed by atoms with Crippen LogP contribution in [-0.2, 0) is 11.2 Å². The SMILES string of the molecule is C#CCNC(=O)C(C)n1ccnc1CC. The number of carbonyl (C=O) groups is 1. The normalized spacial score (nSPS) is 11.8. The van der Waals surface area contributed by atoms with Gasteiger partial charge in [-0.25, -0.2) is 4.98 Å². The number of nitrogens with zero attached hydrogens (tertiary/aromatic N) is 2. The fourth-order valence-corrected chi connectivity index (χ4v) is 1.38. The van der Waals surface area contributed by atoms with E-state index in [-0.39, 0.29) is 18.5 Å². The summed E-state index contributed by atoms with van der Waals surface area (Å²) in [6.45, 7) is 4.09. The molecule has 0 fully saturated rings. The van der Waals surface area contributed by atoms with Gasteiger partial charge in [0.05, 0.1) is 6.54 Å². The van der Waals surface area contributed by atoms with E-state index in [1.54, 1.807) is 12.4 Å². The van der Waals surface area contributed by atoms with Gasteiger partial charge in [0.25, 0.3) is 0 Å². The number of amides is 1. The van der Waals surface area contributed by atoms with Gasteiger partial charge in [0.2, 0.25) is 5.91 Å². The van der Waals surface area contributed by atoms with Crippen LogP contribution in [0.2, 0.25) is 0 Å². The third-order valence-corrected chi connectivity index (χ3v) is 2.23. The average molecular weight is 205 g/mol. The first kappa shape index (κ1) is 11.3. The molecule has 1 atom stereocenters. The number of hydrogen-bond donors (Lipinski definition) is 1. The molecule has 4 nitrogen and oxygen atoms in total. The summed E-state index contributed by atoms with van der Waals surface area (Å²) in [7, 11) is 0. The number of rotatable bonds is 4. The smallest absolute Gasteiger partial charge is 0.243 e. The molecule has 0 aromatic carbocycles. The van der Waals surface area contributed by atoms with E-state index in [9.17, 15) is 4.79 Å². The first-order valence-electron chi connectivity index (χ1n) is 4.93. The van der Waals surface area contributed by atoms with Crippen molar-refractivity contribution in [1.82, 2.24) is 14.9 Å². The highest BCUT2D eigenvalue weighted by atomic mass is 16.2. The lowest BCUT2D eigenvalue weighted by Gasteiger charge is -2.14. The van der Waals surface area contributed by atoms with Crippen LogP contribution in [-0.4, -0.2) is 22.0 Å². The van der Waals surface area contributed by atoms with Gasteiger partial charge in [0.15, 0.2) is 0 Å². The number of hydrogen-bond acceptors (Lipinski definition) is 2. The number of aryl methyl sites for hydroxylation is 1. The summed E-state index contributed by atoms with van der Waals surface area (Å²) in [5, 5.41) is 2.65. The quantitative estimate of drug-likeness (QED) is 0.737. The Bertz CT molecular complexity index is 375. The Hall–Kier alpha value is -1.76. The van der Waals surface area contributed by atoms with Crippen LogP contribution in [0.3, 0.4) is 0 Å². The summed E-state index contributed by atoms with van der Waals surface area (Å²) in [6.07, 6.45) is 9.38. The number of carbonyl (C=O) groups excluding carboxylic acids is 1. The molecule has 80 valence electrons. The Morgan fingerprint density at radius 1 is 1.80 bits per heavy atom. The van der Waals surface area contributed by atoms with E-state index in [4.69, 9.17) is 6.42 Å². The van der Waals surface area contributed by atoms with Crippen LogP contribution in [0, 0.1) is 12.3 Å². The van der Waals surface area contributed by atoms with Crippen LogP contribution in [0.15, 0.2) is 12.4 Å². The van der Waals surface area contributed by atoms with E-state index in [0.717, 1.165) is 12.2 Å². The van der Waals surface area contributed by atoms with E-state index in [1.807, 2.05) is 18.4 Å². The monoisotopic (exact) mass is 205 g/mol. The minimum Gasteiger partial charge on any atom is -0.343 e. The van der Waals surface area contributed by atoms with Gasteiger partial charge in [-0.3, -0.25) is 4.79 Å². The molecular formula is C11H15N3O. The molecule has 1 unspecified atom stereocenters. The van der Waals surface area contributed by atoms with Crippen molar-refractivity contribution in [1.29, 1.82) is 0 Å². The summed E-state index contributed by atoms with van der Waals surface area (Å²) < 4.78 is 1.85. The summed E-state index contributed by atoms with van der Waals surface area (Å²) in [4.78, 5) is 15.8. The fraction of sp³-hybridized carbons (Fsp3) is 0.455. The van der Waals surface area contributed by atoms with Gasteiger partial charge in [-0.15, -0.1) is 6.42 Å². The zero-order valence-electron chi connectivity index (χ0n) is 9.03. The topological polar surface area (TPSA) is 46.9 Å². The number of aromatic nitrogens is 2. The molecule has 0 spiro atoms. The summed E-state index contributed by atoms with van der Waals surface area (Å²) in [5.74, 6) is 3.19. The Kier molecular flexibility index (Phi) is 3.92. The second-order valence-corrected chi connectivity index (χ2v) is 3.20. The first-order chi connectivity index (χ1) is 7.20. The average Bonchev–Trinajstić information content (AvgIpc) is 2.72. The van der Waals surface area contributed by atoms with Gasteiger partial charge in [0, 0.05) is 18.8 Å². The minimum absolute atomic E-state index is 0.0827. The molecule has 1 N–H and O–H groups in total. The predicted molar refractivity (Wildman–Crippen MR) is 58.2 cm³/mol. The van der Waals surface area contributed by atoms with Crippen molar-refractivity contribution in [3.63, 3.8) is 0 Å². The molecule has 1 rings (SSSR count). The van der Waals surface area contributed by atoms with Crippen molar-refractivity contribution < 1.29 is 4.79 Å². The molecule has 1 aromatic heterocycles. The molecule has 0 aliphatic heterocycles. The van der Waals surface area contributed by atoms with Crippen LogP contribution in [0.5, 0.6) is 0 Å². The molecule has 1 heterocycles. The van der Waals surface area contributed by atoms with E-state index in [1.165, 1.54) is 0 Å². The van der Waals surface area contributed by atoms with Crippen molar-refractivity contribution in [2.24, 2.45) is 0 Å². The van der Waals surface area contributed by atoms with Crippen molar-refractivity contribution in [2.75, 3.05) is 6.54 Å². The highest BCUT2D eigenvalue weighted by molar-refractivity contribution is 5.80. The predicted octanol–water partition coefficient (Wildman–Crippen LogP) is 0.756. The summed E-state index contributed by atoms with van der Waals surface area (Å²) in [5.41, 5.74) is 0. The van der Waals surface area contributed by atoms with E-state index >= 15 is 0 Å². The molecule has 1 aromatic rings. The Morgan fingerprint density at radius 2 is 2.53 bits per heavy atom. The van der Waals surface area contributed by atoms with E-state index in [0.29, 0.717) is 0 Å². The van der Waals surface area contributed by atoms with Crippen molar-refractivity contribution >= 4 is 5.91 Å². The lowest BCUT2D eigenvalue weighted by atomic mass is 10.3. The Labute approximate surface area is 89.7 Å². The molecule has 4 heteroatoms. The molecule has 0 saturated heterocycles.